The number of anilines is 1. The van der Waals surface area contributed by atoms with Crippen molar-refractivity contribution in [3.8, 4) is 5.75 Å². The van der Waals surface area contributed by atoms with Gasteiger partial charge in [0.05, 0.1) is 13.2 Å². The number of rotatable bonds is 7. The van der Waals surface area contributed by atoms with Crippen LogP contribution in [0.25, 0.3) is 0 Å². The summed E-state index contributed by atoms with van der Waals surface area (Å²) in [5.74, 6) is 1.00. The van der Waals surface area contributed by atoms with Gasteiger partial charge in [0.25, 0.3) is 0 Å². The van der Waals surface area contributed by atoms with E-state index in [9.17, 15) is 4.79 Å². The van der Waals surface area contributed by atoms with Crippen LogP contribution >= 0.6 is 0 Å². The lowest BCUT2D eigenvalue weighted by atomic mass is 10.3. The number of carbonyl (C=O) groups is 1. The van der Waals surface area contributed by atoms with Crippen molar-refractivity contribution in [3.05, 3.63) is 24.3 Å². The summed E-state index contributed by atoms with van der Waals surface area (Å²) in [5, 5.41) is 3.17. The Morgan fingerprint density at radius 2 is 2.21 bits per heavy atom. The van der Waals surface area contributed by atoms with E-state index in [4.69, 9.17) is 4.74 Å². The second-order valence-corrected chi connectivity index (χ2v) is 4.73. The molecule has 0 saturated heterocycles. The Hall–Kier alpha value is -1.71. The van der Waals surface area contributed by atoms with E-state index in [1.165, 1.54) is 0 Å². The molecule has 0 radical (unpaired) electrons. The lowest BCUT2D eigenvalue weighted by molar-refractivity contribution is -0.129. The molecule has 0 bridgehead atoms. The zero-order valence-electron chi connectivity index (χ0n) is 11.7. The van der Waals surface area contributed by atoms with Crippen molar-refractivity contribution in [2.24, 2.45) is 0 Å². The van der Waals surface area contributed by atoms with Gasteiger partial charge >= 0.3 is 0 Å². The minimum atomic E-state index is 0.173. The Balaban J connectivity index is 1.87. The number of amides is 1. The summed E-state index contributed by atoms with van der Waals surface area (Å²) in [6.07, 6.45) is 2.30. The van der Waals surface area contributed by atoms with Crippen LogP contribution in [0, 0.1) is 0 Å². The summed E-state index contributed by atoms with van der Waals surface area (Å²) in [6.45, 7) is 5.78. The van der Waals surface area contributed by atoms with Crippen LogP contribution in [0.4, 0.5) is 5.69 Å². The first-order valence-electron chi connectivity index (χ1n) is 7.00. The van der Waals surface area contributed by atoms with Crippen LogP contribution in [-0.2, 0) is 4.79 Å². The molecular weight excluding hydrogens is 240 g/mol. The van der Waals surface area contributed by atoms with Gasteiger partial charge < -0.3 is 15.0 Å². The van der Waals surface area contributed by atoms with Crippen LogP contribution < -0.4 is 10.1 Å². The standard InChI is InChI=1S/C15H22N2O2/c1-3-17(13-8-9-13)15(18)11-16-12-6-5-7-14(10-12)19-4-2/h5-7,10,13,16H,3-4,8-9,11H2,1-2H3. The number of hydrogen-bond acceptors (Lipinski definition) is 3. The van der Waals surface area contributed by atoms with E-state index in [1.807, 2.05) is 43.0 Å². The maximum Gasteiger partial charge on any atom is 0.242 e. The molecule has 4 heteroatoms. The van der Waals surface area contributed by atoms with Crippen molar-refractivity contribution in [1.82, 2.24) is 4.90 Å². The number of hydrogen-bond donors (Lipinski definition) is 1. The summed E-state index contributed by atoms with van der Waals surface area (Å²) >= 11 is 0. The fourth-order valence-corrected chi connectivity index (χ4v) is 2.17. The molecule has 1 saturated carbocycles. The molecule has 1 amide bonds. The molecule has 1 aromatic carbocycles. The second kappa shape index (κ2) is 6.45. The fraction of sp³-hybridized carbons (Fsp3) is 0.533. The van der Waals surface area contributed by atoms with Crippen LogP contribution in [0.15, 0.2) is 24.3 Å². The van der Waals surface area contributed by atoms with Gasteiger partial charge in [0.2, 0.25) is 5.91 Å². The summed E-state index contributed by atoms with van der Waals surface area (Å²) in [6, 6.07) is 8.19. The summed E-state index contributed by atoms with van der Waals surface area (Å²) in [4.78, 5) is 14.0. The molecule has 104 valence electrons. The Morgan fingerprint density at radius 3 is 2.84 bits per heavy atom. The minimum absolute atomic E-state index is 0.173. The number of ether oxygens (including phenoxy) is 1. The third-order valence-electron chi connectivity index (χ3n) is 3.24. The van der Waals surface area contributed by atoms with Crippen molar-refractivity contribution in [2.45, 2.75) is 32.7 Å². The molecular formula is C15H22N2O2. The molecule has 0 aliphatic heterocycles. The van der Waals surface area contributed by atoms with Gasteiger partial charge in [-0.25, -0.2) is 0 Å². The largest absolute Gasteiger partial charge is 0.494 e. The van der Waals surface area contributed by atoms with Crippen molar-refractivity contribution in [2.75, 3.05) is 25.0 Å². The maximum absolute atomic E-state index is 12.1. The van der Waals surface area contributed by atoms with E-state index in [0.29, 0.717) is 19.2 Å². The predicted molar refractivity (Wildman–Crippen MR) is 76.5 cm³/mol. The smallest absolute Gasteiger partial charge is 0.242 e. The summed E-state index contributed by atoms with van der Waals surface area (Å²) < 4.78 is 5.43. The Kier molecular flexibility index (Phi) is 4.66. The topological polar surface area (TPSA) is 41.6 Å². The van der Waals surface area contributed by atoms with Gasteiger partial charge in [-0.15, -0.1) is 0 Å². The van der Waals surface area contributed by atoms with Gasteiger partial charge in [0, 0.05) is 24.3 Å². The monoisotopic (exact) mass is 262 g/mol. The molecule has 1 aliphatic rings. The number of nitrogens with one attached hydrogen (secondary N) is 1. The van der Waals surface area contributed by atoms with Crippen molar-refractivity contribution in [1.29, 1.82) is 0 Å². The maximum atomic E-state index is 12.1. The van der Waals surface area contributed by atoms with Gasteiger partial charge in [-0.05, 0) is 38.8 Å². The van der Waals surface area contributed by atoms with Gasteiger partial charge in [0.1, 0.15) is 5.75 Å². The molecule has 0 atom stereocenters. The zero-order valence-corrected chi connectivity index (χ0v) is 11.7. The minimum Gasteiger partial charge on any atom is -0.494 e. The quantitative estimate of drug-likeness (QED) is 0.821. The van der Waals surface area contributed by atoms with Crippen molar-refractivity contribution in [3.63, 3.8) is 0 Å². The highest BCUT2D eigenvalue weighted by molar-refractivity contribution is 5.81. The van der Waals surface area contributed by atoms with E-state index in [0.717, 1.165) is 30.8 Å². The van der Waals surface area contributed by atoms with Gasteiger partial charge in [-0.2, -0.15) is 0 Å². The molecule has 2 rings (SSSR count). The van der Waals surface area contributed by atoms with E-state index >= 15 is 0 Å². The molecule has 1 aromatic rings. The molecule has 1 fully saturated rings. The van der Waals surface area contributed by atoms with Crippen LogP contribution in [0.3, 0.4) is 0 Å². The Morgan fingerprint density at radius 1 is 1.42 bits per heavy atom. The second-order valence-electron chi connectivity index (χ2n) is 4.73. The van der Waals surface area contributed by atoms with E-state index < -0.39 is 0 Å². The average molecular weight is 262 g/mol. The highest BCUT2D eigenvalue weighted by Gasteiger charge is 2.30. The van der Waals surface area contributed by atoms with Crippen molar-refractivity contribution >= 4 is 11.6 Å². The Labute approximate surface area is 114 Å². The molecule has 1 N–H and O–H groups in total. The predicted octanol–water partition coefficient (Wildman–Crippen LogP) is 2.51. The lowest BCUT2D eigenvalue weighted by Gasteiger charge is -2.20. The lowest BCUT2D eigenvalue weighted by Crippen LogP contribution is -2.37. The van der Waals surface area contributed by atoms with Gasteiger partial charge in [-0.3, -0.25) is 4.79 Å². The highest BCUT2D eigenvalue weighted by Crippen LogP contribution is 2.26. The number of nitrogens with zero attached hydrogens (tertiary/aromatic N) is 1. The van der Waals surface area contributed by atoms with Crippen LogP contribution in [-0.4, -0.2) is 36.5 Å². The SMILES string of the molecule is CCOc1cccc(NCC(=O)N(CC)C2CC2)c1. The molecule has 4 nitrogen and oxygen atoms in total. The molecule has 0 heterocycles. The third-order valence-corrected chi connectivity index (χ3v) is 3.24. The summed E-state index contributed by atoms with van der Waals surface area (Å²) in [7, 11) is 0. The zero-order chi connectivity index (χ0) is 13.7. The first-order chi connectivity index (χ1) is 9.24. The first kappa shape index (κ1) is 13.7. The van der Waals surface area contributed by atoms with E-state index in [-0.39, 0.29) is 5.91 Å². The fourth-order valence-electron chi connectivity index (χ4n) is 2.17. The first-order valence-corrected chi connectivity index (χ1v) is 7.00. The van der Waals surface area contributed by atoms with Gasteiger partial charge in [0.15, 0.2) is 0 Å². The molecule has 0 unspecified atom stereocenters. The Bertz CT molecular complexity index is 430. The number of carbonyl (C=O) groups excluding carboxylic acids is 1. The highest BCUT2D eigenvalue weighted by atomic mass is 16.5. The van der Waals surface area contributed by atoms with E-state index in [2.05, 4.69) is 5.32 Å². The van der Waals surface area contributed by atoms with Crippen LogP contribution in [0.1, 0.15) is 26.7 Å². The molecule has 1 aliphatic carbocycles. The normalized spacial score (nSPS) is 14.0. The average Bonchev–Trinajstić information content (AvgIpc) is 3.23. The van der Waals surface area contributed by atoms with Crippen LogP contribution in [0.5, 0.6) is 5.75 Å². The summed E-state index contributed by atoms with van der Waals surface area (Å²) in [5.41, 5.74) is 0.922. The third kappa shape index (κ3) is 3.88. The number of benzene rings is 1. The van der Waals surface area contributed by atoms with E-state index in [1.54, 1.807) is 0 Å². The molecule has 0 aromatic heterocycles. The van der Waals surface area contributed by atoms with Gasteiger partial charge in [-0.1, -0.05) is 6.07 Å². The van der Waals surface area contributed by atoms with Crippen LogP contribution in [0.2, 0.25) is 0 Å². The molecule has 0 spiro atoms. The number of likely N-dealkylation sites (N-methyl/N-ethyl adjacent to an activating group) is 1. The molecule has 19 heavy (non-hydrogen) atoms. The van der Waals surface area contributed by atoms with Crippen molar-refractivity contribution < 1.29 is 9.53 Å².